The van der Waals surface area contributed by atoms with Crippen molar-refractivity contribution in [3.8, 4) is 0 Å². The van der Waals surface area contributed by atoms with Crippen molar-refractivity contribution in [3.05, 3.63) is 36.5 Å². The Morgan fingerprint density at radius 3 is 2.77 bits per heavy atom. The van der Waals surface area contributed by atoms with Crippen molar-refractivity contribution in [3.63, 3.8) is 0 Å². The minimum atomic E-state index is -0.832. The second kappa shape index (κ2) is 7.02. The van der Waals surface area contributed by atoms with Crippen LogP contribution in [0.2, 0.25) is 0 Å². The first-order valence-corrected chi connectivity index (χ1v) is 10.5. The monoisotopic (exact) mass is 356 g/mol. The molecular formula is C24H36O2. The highest BCUT2D eigenvalue weighted by Gasteiger charge is 2.54. The van der Waals surface area contributed by atoms with Crippen LogP contribution in [0.25, 0.3) is 0 Å². The topological polar surface area (TPSA) is 37.3 Å². The number of hydrogen-bond donors (Lipinski definition) is 1. The first-order valence-electron chi connectivity index (χ1n) is 10.5. The molecule has 2 unspecified atom stereocenters. The summed E-state index contributed by atoms with van der Waals surface area (Å²) in [7, 11) is 0. The average molecular weight is 357 g/mol. The number of carboxylic acid groups (broad SMARTS) is 1. The van der Waals surface area contributed by atoms with E-state index in [0.29, 0.717) is 10.8 Å². The van der Waals surface area contributed by atoms with Crippen molar-refractivity contribution < 1.29 is 9.90 Å². The van der Waals surface area contributed by atoms with E-state index in [1.807, 2.05) is 6.08 Å². The number of carboxylic acids is 1. The Balaban J connectivity index is 1.81. The SMILES string of the molecule is C=C[C@@]1(C)CC=C2C(CCC3[C@](C)(CC/C=C/C(=O)O)CCC[C@@]23C)C1. The molecule has 5 atom stereocenters. The fourth-order valence-corrected chi connectivity index (χ4v) is 6.64. The zero-order chi connectivity index (χ0) is 19.0. The average Bonchev–Trinajstić information content (AvgIpc) is 2.58. The predicted molar refractivity (Wildman–Crippen MR) is 108 cm³/mol. The number of hydrogen-bond acceptors (Lipinski definition) is 1. The lowest BCUT2D eigenvalue weighted by molar-refractivity contribution is -0.131. The third kappa shape index (κ3) is 3.44. The smallest absolute Gasteiger partial charge is 0.327 e. The lowest BCUT2D eigenvalue weighted by Crippen LogP contribution is -2.50. The number of allylic oxidation sites excluding steroid dienone is 4. The van der Waals surface area contributed by atoms with Gasteiger partial charge < -0.3 is 5.11 Å². The van der Waals surface area contributed by atoms with Crippen LogP contribution in [0.1, 0.15) is 78.6 Å². The fraction of sp³-hybridized carbons (Fsp3) is 0.708. The van der Waals surface area contributed by atoms with Crippen LogP contribution in [-0.2, 0) is 4.79 Å². The molecule has 0 saturated heterocycles. The molecule has 0 bridgehead atoms. The Morgan fingerprint density at radius 1 is 1.31 bits per heavy atom. The quantitative estimate of drug-likeness (QED) is 0.448. The molecule has 0 amide bonds. The summed E-state index contributed by atoms with van der Waals surface area (Å²) in [5.74, 6) is 0.640. The Hall–Kier alpha value is -1.31. The minimum Gasteiger partial charge on any atom is -0.478 e. The van der Waals surface area contributed by atoms with Gasteiger partial charge in [0.15, 0.2) is 0 Å². The third-order valence-electron chi connectivity index (χ3n) is 8.09. The lowest BCUT2D eigenvalue weighted by atomic mass is 9.45. The summed E-state index contributed by atoms with van der Waals surface area (Å²) in [6.45, 7) is 11.5. The molecule has 0 aromatic heterocycles. The second-order valence-electron chi connectivity index (χ2n) is 9.96. The molecule has 3 aliphatic carbocycles. The van der Waals surface area contributed by atoms with Crippen LogP contribution in [0.4, 0.5) is 0 Å². The molecule has 3 rings (SSSR count). The molecule has 2 nitrogen and oxygen atoms in total. The largest absolute Gasteiger partial charge is 0.478 e. The Kier molecular flexibility index (Phi) is 5.25. The molecule has 0 spiro atoms. The molecule has 1 N–H and O–H groups in total. The van der Waals surface area contributed by atoms with E-state index >= 15 is 0 Å². The van der Waals surface area contributed by atoms with Gasteiger partial charge >= 0.3 is 5.97 Å². The third-order valence-corrected chi connectivity index (χ3v) is 8.09. The van der Waals surface area contributed by atoms with Crippen molar-refractivity contribution in [1.29, 1.82) is 0 Å². The Labute approximate surface area is 159 Å². The molecule has 0 radical (unpaired) electrons. The summed E-state index contributed by atoms with van der Waals surface area (Å²) in [5, 5.41) is 8.83. The Morgan fingerprint density at radius 2 is 2.08 bits per heavy atom. The van der Waals surface area contributed by atoms with Gasteiger partial charge in [0.2, 0.25) is 0 Å². The second-order valence-corrected chi connectivity index (χ2v) is 9.96. The molecule has 26 heavy (non-hydrogen) atoms. The molecule has 0 aromatic rings. The van der Waals surface area contributed by atoms with Crippen molar-refractivity contribution in [2.24, 2.45) is 28.1 Å². The van der Waals surface area contributed by atoms with Gasteiger partial charge in [-0.1, -0.05) is 51.0 Å². The van der Waals surface area contributed by atoms with Crippen LogP contribution in [-0.4, -0.2) is 11.1 Å². The number of rotatable bonds is 5. The fourth-order valence-electron chi connectivity index (χ4n) is 6.64. The van der Waals surface area contributed by atoms with E-state index in [4.69, 9.17) is 5.11 Å². The predicted octanol–water partition coefficient (Wildman–Crippen LogP) is 6.54. The number of carbonyl (C=O) groups is 1. The van der Waals surface area contributed by atoms with Gasteiger partial charge in [-0.2, -0.15) is 0 Å². The maximum atomic E-state index is 10.7. The summed E-state index contributed by atoms with van der Waals surface area (Å²) >= 11 is 0. The standard InChI is InChI=1S/C24H36O2/c1-5-22(2)16-12-19-18(17-22)10-11-20-23(3,13-7-6-9-21(25)26)14-8-15-24(19,20)4/h5-6,9,12,18,20H,1,7-8,10-11,13-17H2,2-4H3,(H,25,26)/b9-6+/t18?,20?,22-,23+,24-/m0/s1. The van der Waals surface area contributed by atoms with Gasteiger partial charge in [-0.3, -0.25) is 0 Å². The number of fused-ring (bicyclic) bond motifs is 3. The first-order chi connectivity index (χ1) is 12.2. The van der Waals surface area contributed by atoms with Gasteiger partial charge in [0, 0.05) is 6.08 Å². The highest BCUT2D eigenvalue weighted by Crippen LogP contribution is 2.64. The van der Waals surface area contributed by atoms with E-state index in [-0.39, 0.29) is 5.41 Å². The van der Waals surface area contributed by atoms with Gasteiger partial charge in [0.05, 0.1) is 0 Å². The summed E-state index contributed by atoms with van der Waals surface area (Å²) in [6.07, 6.45) is 18.9. The summed E-state index contributed by atoms with van der Waals surface area (Å²) in [6, 6.07) is 0. The van der Waals surface area contributed by atoms with E-state index in [0.717, 1.165) is 31.1 Å². The van der Waals surface area contributed by atoms with Gasteiger partial charge in [-0.05, 0) is 79.4 Å². The zero-order valence-corrected chi connectivity index (χ0v) is 16.9. The van der Waals surface area contributed by atoms with Crippen molar-refractivity contribution >= 4 is 5.97 Å². The molecule has 2 fully saturated rings. The van der Waals surface area contributed by atoms with E-state index < -0.39 is 5.97 Å². The summed E-state index contributed by atoms with van der Waals surface area (Å²) in [5.41, 5.74) is 2.70. The highest BCUT2D eigenvalue weighted by atomic mass is 16.4. The first kappa shape index (κ1) is 19.5. The summed E-state index contributed by atoms with van der Waals surface area (Å²) < 4.78 is 0. The van der Waals surface area contributed by atoms with Crippen molar-refractivity contribution in [2.75, 3.05) is 0 Å². The maximum absolute atomic E-state index is 10.7. The van der Waals surface area contributed by atoms with Gasteiger partial charge in [-0.25, -0.2) is 4.79 Å². The normalized spacial score (nSPS) is 42.7. The van der Waals surface area contributed by atoms with E-state index in [1.165, 1.54) is 44.6 Å². The molecule has 0 heterocycles. The lowest BCUT2D eigenvalue weighted by Gasteiger charge is -2.59. The highest BCUT2D eigenvalue weighted by molar-refractivity contribution is 5.79. The van der Waals surface area contributed by atoms with E-state index in [1.54, 1.807) is 5.57 Å². The number of aliphatic carboxylic acids is 1. The van der Waals surface area contributed by atoms with Crippen molar-refractivity contribution in [2.45, 2.75) is 78.6 Å². The van der Waals surface area contributed by atoms with Gasteiger partial charge in [0.25, 0.3) is 0 Å². The van der Waals surface area contributed by atoms with Crippen LogP contribution in [0.3, 0.4) is 0 Å². The molecule has 2 heteroatoms. The molecule has 2 saturated carbocycles. The van der Waals surface area contributed by atoms with E-state index in [2.05, 4.69) is 39.5 Å². The van der Waals surface area contributed by atoms with Crippen LogP contribution in [0.5, 0.6) is 0 Å². The summed E-state index contributed by atoms with van der Waals surface area (Å²) in [4.78, 5) is 10.7. The van der Waals surface area contributed by atoms with Crippen LogP contribution in [0.15, 0.2) is 36.5 Å². The Bertz CT molecular complexity index is 630. The molecular weight excluding hydrogens is 320 g/mol. The molecule has 144 valence electrons. The van der Waals surface area contributed by atoms with Gasteiger partial charge in [0.1, 0.15) is 0 Å². The van der Waals surface area contributed by atoms with E-state index in [9.17, 15) is 4.79 Å². The zero-order valence-electron chi connectivity index (χ0n) is 16.9. The molecule has 0 aromatic carbocycles. The maximum Gasteiger partial charge on any atom is 0.327 e. The molecule has 3 aliphatic rings. The van der Waals surface area contributed by atoms with Crippen LogP contribution >= 0.6 is 0 Å². The van der Waals surface area contributed by atoms with Gasteiger partial charge in [-0.15, -0.1) is 6.58 Å². The van der Waals surface area contributed by atoms with Crippen LogP contribution < -0.4 is 0 Å². The van der Waals surface area contributed by atoms with Crippen molar-refractivity contribution in [1.82, 2.24) is 0 Å². The minimum absolute atomic E-state index is 0.275. The molecule has 0 aliphatic heterocycles. The van der Waals surface area contributed by atoms with Crippen LogP contribution in [0, 0.1) is 28.1 Å².